The lowest BCUT2D eigenvalue weighted by Crippen LogP contribution is -2.59. The average Bonchev–Trinajstić information content (AvgIpc) is 3.10. The van der Waals surface area contributed by atoms with Crippen LogP contribution in [0.25, 0.3) is 0 Å². The smallest absolute Gasteiger partial charge is 0.253 e. The molecule has 0 bridgehead atoms. The monoisotopic (exact) mass is 358 g/mol. The Morgan fingerprint density at radius 3 is 2.58 bits per heavy atom. The van der Waals surface area contributed by atoms with Crippen molar-refractivity contribution in [2.75, 3.05) is 19.6 Å². The van der Waals surface area contributed by atoms with E-state index in [2.05, 4.69) is 36.5 Å². The molecule has 2 fully saturated rings. The van der Waals surface area contributed by atoms with E-state index in [1.807, 2.05) is 0 Å². The SMILES string of the molecule is CC(=O)N1CCC[C@@](O)(C(=O)NCC2(c3cccc(C)c3)CCCC2)C1. The number of carbonyl (C=O) groups is 2. The minimum atomic E-state index is -1.48. The van der Waals surface area contributed by atoms with Crippen LogP contribution in [0.1, 0.15) is 56.6 Å². The lowest BCUT2D eigenvalue weighted by Gasteiger charge is -2.38. The molecule has 5 heteroatoms. The third-order valence-electron chi connectivity index (χ3n) is 6.12. The molecular formula is C21H30N2O3. The molecule has 0 spiro atoms. The molecule has 1 aromatic carbocycles. The second-order valence-electron chi connectivity index (χ2n) is 8.12. The first-order valence-electron chi connectivity index (χ1n) is 9.68. The van der Waals surface area contributed by atoms with E-state index in [1.54, 1.807) is 4.90 Å². The Kier molecular flexibility index (Phi) is 5.37. The second kappa shape index (κ2) is 7.39. The standard InChI is InChI=1S/C21H30N2O3/c1-16-7-5-8-18(13-16)20(9-3-4-10-20)14-22-19(25)21(26)11-6-12-23(15-21)17(2)24/h5,7-8,13,26H,3-4,6,9-12,14-15H2,1-2H3,(H,22,25)/t21-/m0/s1. The Labute approximate surface area is 155 Å². The molecule has 2 aliphatic rings. The number of hydrogen-bond acceptors (Lipinski definition) is 3. The van der Waals surface area contributed by atoms with Gasteiger partial charge in [0.05, 0.1) is 6.54 Å². The first kappa shape index (κ1) is 18.9. The first-order chi connectivity index (χ1) is 12.3. The van der Waals surface area contributed by atoms with Crippen LogP contribution in [-0.2, 0) is 15.0 Å². The zero-order valence-electron chi connectivity index (χ0n) is 15.9. The van der Waals surface area contributed by atoms with Crippen LogP contribution in [0.4, 0.5) is 0 Å². The summed E-state index contributed by atoms with van der Waals surface area (Å²) in [7, 11) is 0. The Hall–Kier alpha value is -1.88. The van der Waals surface area contributed by atoms with Gasteiger partial charge in [0.15, 0.2) is 5.60 Å². The number of benzene rings is 1. The third-order valence-corrected chi connectivity index (χ3v) is 6.12. The van der Waals surface area contributed by atoms with Crippen LogP contribution in [-0.4, -0.2) is 47.1 Å². The summed E-state index contributed by atoms with van der Waals surface area (Å²) in [5, 5.41) is 13.9. The van der Waals surface area contributed by atoms with Crippen molar-refractivity contribution in [3.63, 3.8) is 0 Å². The van der Waals surface area contributed by atoms with Crippen molar-refractivity contribution < 1.29 is 14.7 Å². The molecule has 142 valence electrons. The van der Waals surface area contributed by atoms with E-state index >= 15 is 0 Å². The highest BCUT2D eigenvalue weighted by atomic mass is 16.3. The van der Waals surface area contributed by atoms with Gasteiger partial charge < -0.3 is 15.3 Å². The molecule has 1 aliphatic heterocycles. The molecule has 1 atom stereocenters. The van der Waals surface area contributed by atoms with Gasteiger partial charge in [-0.1, -0.05) is 42.7 Å². The molecule has 0 aromatic heterocycles. The van der Waals surface area contributed by atoms with E-state index in [0.29, 0.717) is 25.9 Å². The molecule has 5 nitrogen and oxygen atoms in total. The highest BCUT2D eigenvalue weighted by molar-refractivity contribution is 5.86. The fourth-order valence-electron chi connectivity index (χ4n) is 4.50. The van der Waals surface area contributed by atoms with Crippen LogP contribution < -0.4 is 5.32 Å². The van der Waals surface area contributed by atoms with Gasteiger partial charge in [-0.2, -0.15) is 0 Å². The summed E-state index contributed by atoms with van der Waals surface area (Å²) in [5.74, 6) is -0.440. The van der Waals surface area contributed by atoms with Crippen LogP contribution in [0.3, 0.4) is 0 Å². The maximum Gasteiger partial charge on any atom is 0.253 e. The van der Waals surface area contributed by atoms with Crippen molar-refractivity contribution in [3.8, 4) is 0 Å². The van der Waals surface area contributed by atoms with Gasteiger partial charge in [0.1, 0.15) is 0 Å². The molecule has 0 radical (unpaired) electrons. The summed E-state index contributed by atoms with van der Waals surface area (Å²) in [6.45, 7) is 4.81. The third kappa shape index (κ3) is 3.78. The van der Waals surface area contributed by atoms with Gasteiger partial charge in [0, 0.05) is 25.4 Å². The Morgan fingerprint density at radius 2 is 1.92 bits per heavy atom. The van der Waals surface area contributed by atoms with Crippen molar-refractivity contribution in [1.29, 1.82) is 0 Å². The van der Waals surface area contributed by atoms with Gasteiger partial charge >= 0.3 is 0 Å². The maximum atomic E-state index is 12.8. The molecule has 0 unspecified atom stereocenters. The molecule has 3 rings (SSSR count). The molecule has 1 heterocycles. The highest BCUT2D eigenvalue weighted by Crippen LogP contribution is 2.41. The summed E-state index contributed by atoms with van der Waals surface area (Å²) in [6.07, 6.45) is 5.47. The van der Waals surface area contributed by atoms with E-state index < -0.39 is 5.60 Å². The molecule has 26 heavy (non-hydrogen) atoms. The van der Waals surface area contributed by atoms with E-state index in [0.717, 1.165) is 25.7 Å². The Morgan fingerprint density at radius 1 is 1.19 bits per heavy atom. The number of aliphatic hydroxyl groups is 1. The normalized spacial score (nSPS) is 25.1. The molecular weight excluding hydrogens is 328 g/mol. The average molecular weight is 358 g/mol. The Bertz CT molecular complexity index is 682. The maximum absolute atomic E-state index is 12.8. The summed E-state index contributed by atoms with van der Waals surface area (Å²) < 4.78 is 0. The van der Waals surface area contributed by atoms with Gasteiger partial charge in [-0.15, -0.1) is 0 Å². The van der Waals surface area contributed by atoms with Crippen molar-refractivity contribution in [1.82, 2.24) is 10.2 Å². The number of amides is 2. The van der Waals surface area contributed by atoms with Crippen molar-refractivity contribution in [2.45, 2.75) is 63.4 Å². The number of rotatable bonds is 4. The number of carbonyl (C=O) groups excluding carboxylic acids is 2. The number of nitrogens with zero attached hydrogens (tertiary/aromatic N) is 1. The second-order valence-corrected chi connectivity index (χ2v) is 8.12. The van der Waals surface area contributed by atoms with Crippen LogP contribution in [0.15, 0.2) is 24.3 Å². The number of piperidine rings is 1. The van der Waals surface area contributed by atoms with Gasteiger partial charge in [-0.05, 0) is 38.2 Å². The largest absolute Gasteiger partial charge is 0.378 e. The summed E-state index contributed by atoms with van der Waals surface area (Å²) >= 11 is 0. The Balaban J connectivity index is 1.71. The fraction of sp³-hybridized carbons (Fsp3) is 0.619. The van der Waals surface area contributed by atoms with E-state index in [1.165, 1.54) is 18.1 Å². The van der Waals surface area contributed by atoms with E-state index in [4.69, 9.17) is 0 Å². The first-order valence-corrected chi connectivity index (χ1v) is 9.68. The minimum Gasteiger partial charge on any atom is -0.378 e. The molecule has 2 N–H and O–H groups in total. The molecule has 1 aliphatic carbocycles. The fourth-order valence-corrected chi connectivity index (χ4v) is 4.50. The van der Waals surface area contributed by atoms with Gasteiger partial charge in [-0.3, -0.25) is 9.59 Å². The number of hydrogen-bond donors (Lipinski definition) is 2. The predicted octanol–water partition coefficient (Wildman–Crippen LogP) is 2.30. The summed E-state index contributed by atoms with van der Waals surface area (Å²) in [4.78, 5) is 26.0. The molecule has 1 saturated heterocycles. The topological polar surface area (TPSA) is 69.6 Å². The number of β-amino-alcohol motifs (C(OH)–C–C–N with tert-alkyl or cyclic N) is 1. The number of likely N-dealkylation sites (tertiary alicyclic amines) is 1. The van der Waals surface area contributed by atoms with Crippen LogP contribution in [0, 0.1) is 6.92 Å². The lowest BCUT2D eigenvalue weighted by atomic mass is 9.78. The molecule has 2 amide bonds. The minimum absolute atomic E-state index is 0.0486. The van der Waals surface area contributed by atoms with Gasteiger partial charge in [0.2, 0.25) is 5.91 Å². The predicted molar refractivity (Wildman–Crippen MR) is 101 cm³/mol. The lowest BCUT2D eigenvalue weighted by molar-refractivity contribution is -0.150. The quantitative estimate of drug-likeness (QED) is 0.868. The van der Waals surface area contributed by atoms with Crippen molar-refractivity contribution in [3.05, 3.63) is 35.4 Å². The molecule has 1 saturated carbocycles. The zero-order chi connectivity index (χ0) is 18.8. The van der Waals surface area contributed by atoms with Crippen molar-refractivity contribution in [2.24, 2.45) is 0 Å². The van der Waals surface area contributed by atoms with Crippen LogP contribution in [0.2, 0.25) is 0 Å². The van der Waals surface area contributed by atoms with Crippen LogP contribution in [0.5, 0.6) is 0 Å². The molecule has 1 aromatic rings. The van der Waals surface area contributed by atoms with Gasteiger partial charge in [-0.25, -0.2) is 0 Å². The van der Waals surface area contributed by atoms with Gasteiger partial charge in [0.25, 0.3) is 5.91 Å². The van der Waals surface area contributed by atoms with Crippen LogP contribution >= 0.6 is 0 Å². The highest BCUT2D eigenvalue weighted by Gasteiger charge is 2.43. The summed E-state index contributed by atoms with van der Waals surface area (Å²) in [5.41, 5.74) is 0.975. The van der Waals surface area contributed by atoms with E-state index in [-0.39, 0.29) is 23.8 Å². The zero-order valence-corrected chi connectivity index (χ0v) is 15.9. The summed E-state index contributed by atoms with van der Waals surface area (Å²) in [6, 6.07) is 8.53. The number of aryl methyl sites for hydroxylation is 1. The number of nitrogens with one attached hydrogen (secondary N) is 1. The van der Waals surface area contributed by atoms with E-state index in [9.17, 15) is 14.7 Å². The van der Waals surface area contributed by atoms with Crippen molar-refractivity contribution >= 4 is 11.8 Å².